The van der Waals surface area contributed by atoms with Crippen molar-refractivity contribution in [3.05, 3.63) is 30.3 Å². The molecule has 0 aromatic heterocycles. The van der Waals surface area contributed by atoms with E-state index in [1.165, 1.54) is 52.0 Å². The summed E-state index contributed by atoms with van der Waals surface area (Å²) in [6.07, 6.45) is 1.19. The summed E-state index contributed by atoms with van der Waals surface area (Å²) >= 11 is 0. The first-order valence-corrected chi connectivity index (χ1v) is 24.5. The van der Waals surface area contributed by atoms with E-state index in [4.69, 9.17) is 0 Å². The number of nitrogens with one attached hydrogen (secondary N) is 4. The van der Waals surface area contributed by atoms with Crippen LogP contribution < -0.4 is 26.2 Å². The first-order valence-electron chi connectivity index (χ1n) is 24.5. The molecule has 4 N–H and O–H groups in total. The first kappa shape index (κ1) is 67.3. The van der Waals surface area contributed by atoms with Crippen LogP contribution in [0.3, 0.4) is 0 Å². The van der Waals surface area contributed by atoms with E-state index in [0.717, 1.165) is 58.5 Å². The van der Waals surface area contributed by atoms with Crippen molar-refractivity contribution in [2.75, 3.05) is 67.8 Å². The second-order valence-corrected chi connectivity index (χ2v) is 18.0. The van der Waals surface area contributed by atoms with Crippen LogP contribution in [-0.4, -0.2) is 226 Å². The van der Waals surface area contributed by atoms with Crippen LogP contribution in [0.2, 0.25) is 0 Å². The van der Waals surface area contributed by atoms with Gasteiger partial charge in [0.05, 0.1) is 5.69 Å². The zero-order valence-corrected chi connectivity index (χ0v) is 46.3. The number of hydrogen-bond donors (Lipinski definition) is 4. The molecular weight excluding hydrogens is 1080 g/mol. The van der Waals surface area contributed by atoms with Gasteiger partial charge in [0.25, 0.3) is 0 Å². The molecule has 0 bridgehead atoms. The maximum atomic E-state index is 12.4. The molecule has 26 amide bonds. The quantitative estimate of drug-likeness (QED) is 0.185. The van der Waals surface area contributed by atoms with Crippen LogP contribution in [0, 0.1) is 5.92 Å². The molecule has 0 radical (unpaired) electrons. The van der Waals surface area contributed by atoms with E-state index in [2.05, 4.69) is 5.32 Å². The van der Waals surface area contributed by atoms with Crippen molar-refractivity contribution in [1.29, 1.82) is 0 Å². The fraction of sp³-hybridized carbons (Fsp3) is 0.479. The number of benzene rings is 1. The summed E-state index contributed by atoms with van der Waals surface area (Å²) in [5.41, 5.74) is 0.465. The predicted molar refractivity (Wildman–Crippen MR) is 274 cm³/mol. The second-order valence-electron chi connectivity index (χ2n) is 18.0. The summed E-state index contributed by atoms with van der Waals surface area (Å²) in [4.78, 5) is 222. The lowest BCUT2D eigenvalue weighted by Crippen LogP contribution is -2.62. The maximum Gasteiger partial charge on any atom is 0.335 e. The number of para-hydroxylation sites is 1. The molecular formula is C48H64N14O19. The molecule has 0 aliphatic carbocycles. The minimum Gasteiger partial charge on any atom is -0.331 e. The van der Waals surface area contributed by atoms with Gasteiger partial charge in [0.15, 0.2) is 0 Å². The van der Waals surface area contributed by atoms with E-state index in [1.807, 2.05) is 22.9 Å². The zero-order chi connectivity index (χ0) is 61.9. The van der Waals surface area contributed by atoms with Gasteiger partial charge < -0.3 is 9.80 Å². The topological polar surface area (TPSA) is 405 Å². The van der Waals surface area contributed by atoms with Gasteiger partial charge in [0, 0.05) is 62.9 Å². The zero-order valence-electron chi connectivity index (χ0n) is 46.3. The summed E-state index contributed by atoms with van der Waals surface area (Å²) in [6, 6.07) is 4.32. The molecule has 1 aromatic rings. The highest BCUT2D eigenvalue weighted by Crippen LogP contribution is 2.22. The van der Waals surface area contributed by atoms with Crippen molar-refractivity contribution in [1.82, 2.24) is 65.4 Å². The summed E-state index contributed by atoms with van der Waals surface area (Å²) in [5.74, 6) is -6.73. The molecule has 6 fully saturated rings. The Morgan fingerprint density at radius 1 is 0.519 bits per heavy atom. The third kappa shape index (κ3) is 18.4. The number of nitrogens with zero attached hydrogens (tertiary/aromatic N) is 10. The Morgan fingerprint density at radius 3 is 1.43 bits per heavy atom. The van der Waals surface area contributed by atoms with Gasteiger partial charge in [-0.2, -0.15) is 0 Å². The first-order chi connectivity index (χ1) is 37.7. The van der Waals surface area contributed by atoms with E-state index in [1.54, 1.807) is 58.4 Å². The summed E-state index contributed by atoms with van der Waals surface area (Å²) < 4.78 is 0. The van der Waals surface area contributed by atoms with Gasteiger partial charge in [-0.1, -0.05) is 38.0 Å². The number of amides is 26. The fourth-order valence-corrected chi connectivity index (χ4v) is 7.02. The van der Waals surface area contributed by atoms with Gasteiger partial charge in [0.2, 0.25) is 70.9 Å². The average Bonchev–Trinajstić information content (AvgIpc) is 3.47. The minimum atomic E-state index is -0.752. The Kier molecular flexibility index (Phi) is 25.2. The van der Waals surface area contributed by atoms with Gasteiger partial charge in [-0.25, -0.2) is 43.4 Å². The summed E-state index contributed by atoms with van der Waals surface area (Å²) in [6.45, 7) is 5.49. The van der Waals surface area contributed by atoms with Gasteiger partial charge in [0.1, 0.15) is 44.2 Å². The van der Waals surface area contributed by atoms with Crippen molar-refractivity contribution in [3.63, 3.8) is 0 Å². The number of rotatable bonds is 8. The van der Waals surface area contributed by atoms with Crippen LogP contribution in [0.1, 0.15) is 78.6 Å². The third-order valence-corrected chi connectivity index (χ3v) is 11.9. The Bertz CT molecular complexity index is 2600. The average molecular weight is 1140 g/mol. The van der Waals surface area contributed by atoms with Crippen molar-refractivity contribution in [2.45, 2.75) is 84.7 Å². The van der Waals surface area contributed by atoms with E-state index >= 15 is 0 Å². The number of hydrogen-bond acceptors (Lipinski definition) is 19. The largest absolute Gasteiger partial charge is 0.335 e. The Labute approximate surface area is 463 Å². The number of carbonyl (C=O) groups is 19. The van der Waals surface area contributed by atoms with Crippen molar-refractivity contribution < 1.29 is 91.1 Å². The van der Waals surface area contributed by atoms with Gasteiger partial charge >= 0.3 is 42.2 Å². The molecule has 0 saturated carbocycles. The van der Waals surface area contributed by atoms with Crippen molar-refractivity contribution in [2.24, 2.45) is 5.92 Å². The molecule has 33 nitrogen and oxygen atoms in total. The van der Waals surface area contributed by atoms with Gasteiger partial charge in [-0.05, 0) is 38.8 Å². The standard InChI is InChI=1S/C15H26N4O4.C10H8N2O3.3C6H8N2O3.C5H6N2O3/c1-6-7-8-9-11(17(4)14(22)16(2)3)19-13(21)10-12(20)18(5)15(19)23;13-8-6-9(14)12(10(15)11-8)7-4-2-1-3-5-7;1-7-4(9)3-5(10)8(2)6(7)11;1-3-4(9)7-6(11)8(2)5(3)10;1-2-8-5(10)3-4(9)7-6(8)11;1-7-4(9)2-3(8)6-5(7)10/h11H,6-10H2,1-5H3;1-5H,6H2,(H,11,13,15);3H2,1-2H3;3H,1-2H3,(H,7,9,11);2-3H2,1H3,(H,7,9,11);2H2,1H3,(H,6,8,10). The molecule has 6 aliphatic heterocycles. The van der Waals surface area contributed by atoms with E-state index in [9.17, 15) is 91.1 Å². The molecule has 2 atom stereocenters. The lowest BCUT2D eigenvalue weighted by atomic mass is 10.1. The van der Waals surface area contributed by atoms with Gasteiger partial charge in [-0.3, -0.25) is 108 Å². The van der Waals surface area contributed by atoms with E-state index < -0.39 is 119 Å². The van der Waals surface area contributed by atoms with E-state index in [-0.39, 0.29) is 38.1 Å². The molecule has 81 heavy (non-hydrogen) atoms. The van der Waals surface area contributed by atoms with Crippen LogP contribution >= 0.6 is 0 Å². The van der Waals surface area contributed by atoms with Crippen molar-refractivity contribution >= 4 is 119 Å². The van der Waals surface area contributed by atoms with Crippen LogP contribution in [0.5, 0.6) is 0 Å². The van der Waals surface area contributed by atoms with Crippen LogP contribution in [0.15, 0.2) is 30.3 Å². The molecule has 6 aliphatic rings. The predicted octanol–water partition coefficient (Wildman–Crippen LogP) is -0.706. The highest BCUT2D eigenvalue weighted by atomic mass is 16.2. The molecule has 1 aromatic carbocycles. The normalized spacial score (nSPS) is 18.8. The van der Waals surface area contributed by atoms with Gasteiger partial charge in [-0.15, -0.1) is 0 Å². The number of unbranched alkanes of at least 4 members (excludes halogenated alkanes) is 2. The minimum absolute atomic E-state index is 0.210. The van der Waals surface area contributed by atoms with Crippen LogP contribution in [0.25, 0.3) is 0 Å². The highest BCUT2D eigenvalue weighted by Gasteiger charge is 2.43. The Hall–Kier alpha value is -9.85. The Morgan fingerprint density at radius 2 is 0.963 bits per heavy atom. The summed E-state index contributed by atoms with van der Waals surface area (Å²) in [5, 5.41) is 8.15. The third-order valence-electron chi connectivity index (χ3n) is 11.9. The molecule has 6 heterocycles. The molecule has 7 rings (SSSR count). The second kappa shape index (κ2) is 30.3. The molecule has 0 spiro atoms. The van der Waals surface area contributed by atoms with Crippen molar-refractivity contribution in [3.8, 4) is 0 Å². The molecule has 2 unspecified atom stereocenters. The lowest BCUT2D eigenvalue weighted by molar-refractivity contribution is -0.146. The molecule has 33 heteroatoms. The van der Waals surface area contributed by atoms with Crippen LogP contribution in [0.4, 0.5) is 39.2 Å². The molecule has 6 saturated heterocycles. The number of imide groups is 12. The number of carbonyl (C=O) groups excluding carboxylic acids is 19. The molecule has 440 valence electrons. The summed E-state index contributed by atoms with van der Waals surface area (Å²) in [7, 11) is 11.5. The Balaban J connectivity index is 0.000000342. The maximum absolute atomic E-state index is 12.4. The number of anilines is 1. The van der Waals surface area contributed by atoms with Crippen LogP contribution in [-0.2, 0) is 57.5 Å². The number of urea groups is 7. The highest BCUT2D eigenvalue weighted by molar-refractivity contribution is 6.26. The number of barbiturate groups is 6. The smallest absolute Gasteiger partial charge is 0.331 e. The monoisotopic (exact) mass is 1140 g/mol. The lowest BCUT2D eigenvalue weighted by Gasteiger charge is -2.40. The fourth-order valence-electron chi connectivity index (χ4n) is 7.02. The van der Waals surface area contributed by atoms with E-state index in [0.29, 0.717) is 18.7 Å². The SMILES string of the molecule is CC1C(=O)NC(=O)N(C)C1=O.CCCCCC(N(C)C(=O)N(C)C)N1C(=O)CC(=O)N(C)C1=O.CCN1C(=O)CC(=O)NC1=O.CN1C(=O)CC(=O)N(C)C1=O.CN1C(=O)CC(=O)NC1=O.O=C1CC(=O)N(c2ccccc2)C(=O)N1.